The summed E-state index contributed by atoms with van der Waals surface area (Å²) in [6.45, 7) is 0. The highest BCUT2D eigenvalue weighted by Crippen LogP contribution is 2.36. The van der Waals surface area contributed by atoms with E-state index in [1.807, 2.05) is 0 Å². The van der Waals surface area contributed by atoms with Crippen molar-refractivity contribution >= 4 is 23.5 Å². The van der Waals surface area contributed by atoms with E-state index in [-0.39, 0.29) is 0 Å². The summed E-state index contributed by atoms with van der Waals surface area (Å²) in [7, 11) is 0. The Bertz CT molecular complexity index is 101. The molecule has 0 aromatic heterocycles. The first-order valence-corrected chi connectivity index (χ1v) is 4.43. The first-order chi connectivity index (χ1) is 3.93. The molecule has 0 amide bonds. The summed E-state index contributed by atoms with van der Waals surface area (Å²) in [6.07, 6.45) is 1.25. The van der Waals surface area contributed by atoms with E-state index in [0.717, 1.165) is 16.1 Å². The predicted molar refractivity (Wildman–Crippen MR) is 38.4 cm³/mol. The third-order valence-corrected chi connectivity index (χ3v) is 3.25. The molecule has 0 bridgehead atoms. The lowest BCUT2D eigenvalue weighted by Gasteiger charge is -2.11. The highest BCUT2D eigenvalue weighted by Gasteiger charge is 2.13. The Hall–Kier alpha value is 0.190. The Kier molecular flexibility index (Phi) is 2.57. The van der Waals surface area contributed by atoms with E-state index in [4.69, 9.17) is 5.26 Å². The second kappa shape index (κ2) is 3.26. The van der Waals surface area contributed by atoms with Gasteiger partial charge in [0.2, 0.25) is 0 Å². The summed E-state index contributed by atoms with van der Waals surface area (Å²) >= 11 is 3.36. The molecule has 8 heavy (non-hydrogen) atoms. The summed E-state index contributed by atoms with van der Waals surface area (Å²) < 4.78 is 0.941. The van der Waals surface area contributed by atoms with E-state index in [2.05, 4.69) is 6.07 Å². The Labute approximate surface area is 57.8 Å². The van der Waals surface area contributed by atoms with Crippen molar-refractivity contribution in [3.63, 3.8) is 0 Å². The third kappa shape index (κ3) is 1.61. The second-order valence-corrected chi connectivity index (χ2v) is 3.92. The Morgan fingerprint density at radius 3 is 2.38 bits per heavy atom. The number of hydrogen-bond donors (Lipinski definition) is 0. The van der Waals surface area contributed by atoms with Gasteiger partial charge in [-0.2, -0.15) is 5.26 Å². The highest BCUT2D eigenvalue weighted by atomic mass is 32.2. The minimum atomic E-state index is 0.941. The molecule has 1 rings (SSSR count). The molecule has 1 nitrogen and oxygen atoms in total. The Morgan fingerprint density at radius 2 is 2.00 bits per heavy atom. The molecule has 1 radical (unpaired) electrons. The molecule has 43 valence electrons. The van der Waals surface area contributed by atoms with Crippen LogP contribution in [0.1, 0.15) is 6.42 Å². The smallest absolute Gasteiger partial charge is 0.185 e. The van der Waals surface area contributed by atoms with Crippen LogP contribution in [-0.4, -0.2) is 11.5 Å². The van der Waals surface area contributed by atoms with Crippen LogP contribution in [0.4, 0.5) is 0 Å². The van der Waals surface area contributed by atoms with Crippen molar-refractivity contribution in [3.8, 4) is 6.07 Å². The van der Waals surface area contributed by atoms with E-state index >= 15 is 0 Å². The predicted octanol–water partition coefficient (Wildman–Crippen LogP) is 1.87. The third-order valence-electron chi connectivity index (χ3n) is 0.846. The van der Waals surface area contributed by atoms with Gasteiger partial charge in [-0.05, 0) is 17.9 Å². The van der Waals surface area contributed by atoms with Crippen LogP contribution >= 0.6 is 23.5 Å². The quantitative estimate of drug-likeness (QED) is 0.518. The zero-order valence-electron chi connectivity index (χ0n) is 4.39. The number of thioether (sulfide) groups is 2. The maximum atomic E-state index is 8.36. The lowest BCUT2D eigenvalue weighted by atomic mass is 10.6. The summed E-state index contributed by atoms with van der Waals surface area (Å²) in [5.74, 6) is 2.27. The van der Waals surface area contributed by atoms with Crippen molar-refractivity contribution in [2.45, 2.75) is 6.42 Å². The van der Waals surface area contributed by atoms with Gasteiger partial charge in [0.15, 0.2) is 4.58 Å². The molecule has 1 aliphatic rings. The average molecular weight is 144 g/mol. The van der Waals surface area contributed by atoms with Gasteiger partial charge in [-0.15, -0.1) is 23.5 Å². The van der Waals surface area contributed by atoms with Crippen LogP contribution in [0.2, 0.25) is 0 Å². The molecule has 3 heteroatoms. The molecule has 0 N–H and O–H groups in total. The van der Waals surface area contributed by atoms with Gasteiger partial charge in [0.1, 0.15) is 0 Å². The topological polar surface area (TPSA) is 23.8 Å². The zero-order chi connectivity index (χ0) is 5.82. The molecular formula is C5H6NS2. The highest BCUT2D eigenvalue weighted by molar-refractivity contribution is 8.21. The molecule has 0 spiro atoms. The summed E-state index contributed by atoms with van der Waals surface area (Å²) in [4.78, 5) is 0. The minimum absolute atomic E-state index is 0.941. The molecule has 1 saturated heterocycles. The van der Waals surface area contributed by atoms with Crippen LogP contribution in [0.15, 0.2) is 0 Å². The fourth-order valence-electron chi connectivity index (χ4n) is 0.495. The maximum Gasteiger partial charge on any atom is 0.185 e. The van der Waals surface area contributed by atoms with Crippen molar-refractivity contribution < 1.29 is 0 Å². The van der Waals surface area contributed by atoms with Crippen molar-refractivity contribution in [1.82, 2.24) is 0 Å². The van der Waals surface area contributed by atoms with Crippen LogP contribution < -0.4 is 0 Å². The molecule has 0 atom stereocenters. The molecule has 0 aromatic carbocycles. The fraction of sp³-hybridized carbons (Fsp3) is 0.600. The van der Waals surface area contributed by atoms with Gasteiger partial charge in [-0.1, -0.05) is 0 Å². The van der Waals surface area contributed by atoms with Crippen molar-refractivity contribution in [2.24, 2.45) is 0 Å². The van der Waals surface area contributed by atoms with Crippen LogP contribution in [-0.2, 0) is 0 Å². The maximum absolute atomic E-state index is 8.36. The lowest BCUT2D eigenvalue weighted by Crippen LogP contribution is -1.95. The van der Waals surface area contributed by atoms with Gasteiger partial charge in [-0.3, -0.25) is 0 Å². The van der Waals surface area contributed by atoms with Crippen molar-refractivity contribution in [1.29, 1.82) is 5.26 Å². The second-order valence-electron chi connectivity index (χ2n) is 1.45. The van der Waals surface area contributed by atoms with Crippen LogP contribution in [0.25, 0.3) is 0 Å². The van der Waals surface area contributed by atoms with Crippen molar-refractivity contribution in [3.05, 3.63) is 4.58 Å². The number of nitriles is 1. The number of rotatable bonds is 0. The molecule has 1 aliphatic heterocycles. The number of nitrogens with zero attached hydrogens (tertiary/aromatic N) is 1. The minimum Gasteiger partial charge on any atom is -0.196 e. The van der Waals surface area contributed by atoms with E-state index in [9.17, 15) is 0 Å². The standard InChI is InChI=1S/C5H6NS2/c6-4-5-7-2-1-3-8-5/h1-3H2. The monoisotopic (exact) mass is 144 g/mol. The average Bonchev–Trinajstić information content (AvgIpc) is 1.90. The molecule has 1 fully saturated rings. The Balaban J connectivity index is 2.25. The van der Waals surface area contributed by atoms with Gasteiger partial charge in [0, 0.05) is 0 Å². The Morgan fingerprint density at radius 1 is 1.38 bits per heavy atom. The molecule has 0 aromatic rings. The van der Waals surface area contributed by atoms with Gasteiger partial charge in [0.05, 0.1) is 6.07 Å². The molecule has 0 aliphatic carbocycles. The first kappa shape index (κ1) is 6.31. The zero-order valence-corrected chi connectivity index (χ0v) is 6.02. The van der Waals surface area contributed by atoms with E-state index in [1.165, 1.54) is 6.42 Å². The van der Waals surface area contributed by atoms with Gasteiger partial charge in [-0.25, -0.2) is 0 Å². The number of hydrogen-bond acceptors (Lipinski definition) is 3. The van der Waals surface area contributed by atoms with Crippen LogP contribution in [0.5, 0.6) is 0 Å². The SMILES string of the molecule is N#C[C]1SCCCS1. The van der Waals surface area contributed by atoms with Gasteiger partial charge >= 0.3 is 0 Å². The summed E-state index contributed by atoms with van der Waals surface area (Å²) in [6, 6.07) is 2.15. The normalized spacial score (nSPS) is 22.4. The first-order valence-electron chi connectivity index (χ1n) is 2.46. The summed E-state index contributed by atoms with van der Waals surface area (Å²) in [5.41, 5.74) is 0. The van der Waals surface area contributed by atoms with Crippen molar-refractivity contribution in [2.75, 3.05) is 11.5 Å². The summed E-state index contributed by atoms with van der Waals surface area (Å²) in [5, 5.41) is 8.36. The van der Waals surface area contributed by atoms with Crippen LogP contribution in [0.3, 0.4) is 0 Å². The largest absolute Gasteiger partial charge is 0.196 e. The lowest BCUT2D eigenvalue weighted by molar-refractivity contribution is 1.12. The van der Waals surface area contributed by atoms with Crippen LogP contribution in [0, 0.1) is 15.9 Å². The van der Waals surface area contributed by atoms with Gasteiger partial charge < -0.3 is 0 Å². The fourth-order valence-corrected chi connectivity index (χ4v) is 2.59. The van der Waals surface area contributed by atoms with E-state index in [0.29, 0.717) is 0 Å². The van der Waals surface area contributed by atoms with Gasteiger partial charge in [0.25, 0.3) is 0 Å². The molecular weight excluding hydrogens is 138 g/mol. The van der Waals surface area contributed by atoms with E-state index in [1.54, 1.807) is 23.5 Å². The molecule has 0 unspecified atom stereocenters. The molecule has 1 heterocycles. The molecule has 0 saturated carbocycles. The van der Waals surface area contributed by atoms with E-state index < -0.39 is 0 Å².